The van der Waals surface area contributed by atoms with Crippen molar-refractivity contribution >= 4 is 11.4 Å². The second kappa shape index (κ2) is 4.90. The first-order valence-electron chi connectivity index (χ1n) is 3.10. The molecule has 0 aromatic heterocycles. The maximum absolute atomic E-state index is 12.6. The molecule has 0 radical (unpaired) electrons. The first kappa shape index (κ1) is 12.8. The molecule has 0 amide bonds. The van der Waals surface area contributed by atoms with Crippen molar-refractivity contribution in [2.24, 2.45) is 0 Å². The van der Waals surface area contributed by atoms with Crippen LogP contribution in [-0.2, 0) is 0 Å². The summed E-state index contributed by atoms with van der Waals surface area (Å²) in [6.07, 6.45) is 0. The maximum atomic E-state index is 12.6. The van der Waals surface area contributed by atoms with E-state index >= 15 is 0 Å². The molecule has 14 heavy (non-hydrogen) atoms. The summed E-state index contributed by atoms with van der Waals surface area (Å²) in [4.78, 5) is 18.4. The molecule has 0 atom stereocenters. The van der Waals surface area contributed by atoms with Gasteiger partial charge in [-0.15, -0.1) is 0 Å². The number of nitro groups is 2. The summed E-state index contributed by atoms with van der Waals surface area (Å²) < 4.78 is 12.6. The van der Waals surface area contributed by atoms with Crippen molar-refractivity contribution in [3.63, 3.8) is 0 Å². The van der Waals surface area contributed by atoms with Crippen LogP contribution in [0.1, 0.15) is 0 Å². The summed E-state index contributed by atoms with van der Waals surface area (Å²) in [5.74, 6) is -1.09. The summed E-state index contributed by atoms with van der Waals surface area (Å²) in [7, 11) is 0. The van der Waals surface area contributed by atoms with E-state index in [9.17, 15) is 24.6 Å². The van der Waals surface area contributed by atoms with Crippen LogP contribution in [-0.4, -0.2) is 9.85 Å². The fraction of sp³-hybridized carbons (Fsp3) is 0. The molecule has 0 saturated carbocycles. The molecule has 1 aromatic rings. The fourth-order valence-electron chi connectivity index (χ4n) is 0.755. The van der Waals surface area contributed by atoms with Gasteiger partial charge in [0.25, 0.3) is 5.69 Å². The molecule has 0 N–H and O–H groups in total. The zero-order valence-corrected chi connectivity index (χ0v) is 9.72. The number of benzene rings is 1. The van der Waals surface area contributed by atoms with Crippen molar-refractivity contribution in [3.8, 4) is 0 Å². The Labute approximate surface area is 96.2 Å². The van der Waals surface area contributed by atoms with Crippen LogP contribution in [0.3, 0.4) is 0 Å². The van der Waals surface area contributed by atoms with Crippen LogP contribution in [0.4, 0.5) is 15.8 Å². The molecule has 0 aliphatic carbocycles. The minimum atomic E-state index is -1.09. The summed E-state index contributed by atoms with van der Waals surface area (Å²) >= 11 is 0. The van der Waals surface area contributed by atoms with E-state index in [2.05, 4.69) is 0 Å². The Bertz CT molecular complexity index is 384. The molecule has 0 fully saturated rings. The molecule has 8 heteroatoms. The topological polar surface area (TPSA) is 86.3 Å². The summed E-state index contributed by atoms with van der Waals surface area (Å²) in [5, 5.41) is 20.3. The molecule has 0 saturated heterocycles. The van der Waals surface area contributed by atoms with Crippen LogP contribution in [0.15, 0.2) is 18.2 Å². The molecular formula is C6H4AtFN2O4. The van der Waals surface area contributed by atoms with Crippen molar-refractivity contribution in [1.29, 1.82) is 0 Å². The van der Waals surface area contributed by atoms with E-state index in [1.807, 2.05) is 0 Å². The summed E-state index contributed by atoms with van der Waals surface area (Å²) in [5.41, 5.74) is -1.40. The number of halogens is 1. The standard InChI is InChI=1S/C6H3FN2O4.AtH/c7-5-2-1-4(8(10)11)3-6(5)9(12)13;/h1-3H;1H. The van der Waals surface area contributed by atoms with Gasteiger partial charge in [0.1, 0.15) is 0 Å². The predicted molar refractivity (Wildman–Crippen MR) is 41.1 cm³/mol. The third-order valence-corrected chi connectivity index (χ3v) is 1.34. The van der Waals surface area contributed by atoms with E-state index in [1.54, 1.807) is 0 Å². The van der Waals surface area contributed by atoms with Gasteiger partial charge in [-0.05, 0) is 6.07 Å². The normalized spacial score (nSPS) is 8.93. The molecule has 0 aliphatic heterocycles. The first-order valence-corrected chi connectivity index (χ1v) is 3.10. The van der Waals surface area contributed by atoms with Crippen LogP contribution < -0.4 is 0 Å². The van der Waals surface area contributed by atoms with Crippen molar-refractivity contribution < 1.29 is 40.4 Å². The Kier molecular flexibility index (Phi) is 4.49. The van der Waals surface area contributed by atoms with Gasteiger partial charge in [0, 0.05) is 6.07 Å². The van der Waals surface area contributed by atoms with E-state index < -0.39 is 27.0 Å². The Morgan fingerprint density at radius 2 is 1.71 bits per heavy atom. The second-order valence-electron chi connectivity index (χ2n) is 2.15. The number of hydrogen-bond acceptors (Lipinski definition) is 4. The molecule has 6 nitrogen and oxygen atoms in total. The van der Waals surface area contributed by atoms with Crippen molar-refractivity contribution in [2.75, 3.05) is 0 Å². The fourth-order valence-corrected chi connectivity index (χ4v) is 0.755. The van der Waals surface area contributed by atoms with E-state index in [-0.39, 0.29) is 26.2 Å². The van der Waals surface area contributed by atoms with Gasteiger partial charge in [-0.25, -0.2) is 0 Å². The molecular weight excluding hydrogens is 393 g/mol. The molecule has 0 aliphatic rings. The van der Waals surface area contributed by atoms with Gasteiger partial charge < -0.3 is 0 Å². The monoisotopic (exact) mass is 397 g/mol. The third-order valence-electron chi connectivity index (χ3n) is 1.34. The number of nitro benzene ring substituents is 2. The average Bonchev–Trinajstić information content (AvgIpc) is 2.04. The number of rotatable bonds is 2. The molecule has 1 rings (SSSR count). The minimum absolute atomic E-state index is 0. The SMILES string of the molecule is O=[N+]([O-])c1ccc(F)c([N+](=O)[O-])c1.[AtH]. The molecule has 76 valence electrons. The Morgan fingerprint density at radius 1 is 1.14 bits per heavy atom. The Balaban J connectivity index is 0.00000169. The Morgan fingerprint density at radius 3 is 2.14 bits per heavy atom. The molecule has 0 spiro atoms. The van der Waals surface area contributed by atoms with Crippen LogP contribution >= 0.6 is 0 Å². The van der Waals surface area contributed by atoms with Gasteiger partial charge in [-0.2, -0.15) is 4.39 Å². The van der Waals surface area contributed by atoms with Crippen LogP contribution in [0.25, 0.3) is 0 Å². The van der Waals surface area contributed by atoms with E-state index in [0.29, 0.717) is 12.1 Å². The zero-order valence-electron chi connectivity index (χ0n) is 6.55. The molecule has 1 aromatic carbocycles. The molecule has 0 unspecified atom stereocenters. The van der Waals surface area contributed by atoms with Crippen molar-refractivity contribution in [3.05, 3.63) is 44.2 Å². The van der Waals surface area contributed by atoms with E-state index in [1.165, 1.54) is 0 Å². The summed E-state index contributed by atoms with van der Waals surface area (Å²) in [6.45, 7) is 0. The number of nitrogens with zero attached hydrogens (tertiary/aromatic N) is 2. The third kappa shape index (κ3) is 2.66. The van der Waals surface area contributed by atoms with E-state index in [0.717, 1.165) is 6.07 Å². The second-order valence-corrected chi connectivity index (χ2v) is 2.15. The van der Waals surface area contributed by atoms with Gasteiger partial charge in [-0.3, -0.25) is 20.2 Å². The van der Waals surface area contributed by atoms with Gasteiger partial charge in [0.05, 0.1) is 15.9 Å². The van der Waals surface area contributed by atoms with Gasteiger partial charge >= 0.3 is 31.9 Å². The quantitative estimate of drug-likeness (QED) is 0.558. The van der Waals surface area contributed by atoms with Gasteiger partial charge in [-0.1, -0.05) is 0 Å². The average molecular weight is 397 g/mol. The molecule has 0 heterocycles. The predicted octanol–water partition coefficient (Wildman–Crippen LogP) is 1.37. The number of non-ortho nitro benzene ring substituents is 1. The Hall–Kier alpha value is -1.17. The van der Waals surface area contributed by atoms with E-state index in [4.69, 9.17) is 0 Å². The number of hydrogen-bond donors (Lipinski definition) is 0. The first-order chi connectivity index (χ1) is 6.02. The van der Waals surface area contributed by atoms with Crippen LogP contribution in [0, 0.1) is 52.2 Å². The van der Waals surface area contributed by atoms with Crippen molar-refractivity contribution in [1.82, 2.24) is 0 Å². The summed E-state index contributed by atoms with van der Waals surface area (Å²) in [6, 6.07) is 2.13. The van der Waals surface area contributed by atoms with Gasteiger partial charge in [0.15, 0.2) is 0 Å². The van der Waals surface area contributed by atoms with Crippen molar-refractivity contribution in [2.45, 2.75) is 0 Å². The van der Waals surface area contributed by atoms with Gasteiger partial charge in [0.2, 0.25) is 5.82 Å². The van der Waals surface area contributed by atoms with Crippen LogP contribution in [0.5, 0.6) is 0 Å². The molecule has 0 bridgehead atoms. The zero-order chi connectivity index (χ0) is 10.0. The van der Waals surface area contributed by atoms with Crippen LogP contribution in [0.2, 0.25) is 0 Å².